The number of rotatable bonds is 4. The van der Waals surface area contributed by atoms with Crippen molar-refractivity contribution in [3.63, 3.8) is 0 Å². The first-order chi connectivity index (χ1) is 8.56. The summed E-state index contributed by atoms with van der Waals surface area (Å²) in [4.78, 5) is 14.2. The van der Waals surface area contributed by atoms with E-state index in [0.717, 1.165) is 18.1 Å². The molecule has 5 nitrogen and oxygen atoms in total. The predicted molar refractivity (Wildman–Crippen MR) is 72.5 cm³/mol. The molecule has 1 aromatic rings. The third kappa shape index (κ3) is 2.36. The van der Waals surface area contributed by atoms with Gasteiger partial charge in [0.05, 0.1) is 15.6 Å². The highest BCUT2D eigenvalue weighted by Gasteiger charge is 2.34. The molecule has 1 aliphatic rings. The Morgan fingerprint density at radius 3 is 2.33 bits per heavy atom. The van der Waals surface area contributed by atoms with E-state index in [0.29, 0.717) is 10.6 Å². The molecule has 0 spiro atoms. The molecule has 0 aliphatic carbocycles. The van der Waals surface area contributed by atoms with Crippen LogP contribution in [-0.2, 0) is 9.47 Å². The molecular formula is C12H18N2O3S. The Balaban J connectivity index is 2.18. The quantitative estimate of drug-likeness (QED) is 0.837. The van der Waals surface area contributed by atoms with Gasteiger partial charge in [0, 0.05) is 34.2 Å². The fourth-order valence-electron chi connectivity index (χ4n) is 2.20. The summed E-state index contributed by atoms with van der Waals surface area (Å²) < 4.78 is 10.8. The summed E-state index contributed by atoms with van der Waals surface area (Å²) in [5.41, 5.74) is 6.40. The number of methoxy groups -OCH3 is 2. The minimum Gasteiger partial charge on any atom is -0.397 e. The summed E-state index contributed by atoms with van der Waals surface area (Å²) >= 11 is 1.43. The van der Waals surface area contributed by atoms with Crippen LogP contribution in [0.1, 0.15) is 16.6 Å². The van der Waals surface area contributed by atoms with Crippen LogP contribution in [0.5, 0.6) is 0 Å². The first-order valence-corrected chi connectivity index (χ1v) is 6.59. The van der Waals surface area contributed by atoms with Crippen LogP contribution >= 0.6 is 11.3 Å². The SMILES string of the molecule is COC1CN(c2cc(N)c(C(C)=O)s2)CC1OC. The van der Waals surface area contributed by atoms with E-state index in [1.807, 2.05) is 6.07 Å². The Labute approximate surface area is 110 Å². The van der Waals surface area contributed by atoms with Gasteiger partial charge in [0.15, 0.2) is 5.78 Å². The van der Waals surface area contributed by atoms with E-state index in [4.69, 9.17) is 15.2 Å². The van der Waals surface area contributed by atoms with Crippen LogP contribution in [-0.4, -0.2) is 45.3 Å². The number of carbonyl (C=O) groups is 1. The van der Waals surface area contributed by atoms with Gasteiger partial charge in [-0.3, -0.25) is 4.79 Å². The van der Waals surface area contributed by atoms with Gasteiger partial charge in [-0.25, -0.2) is 0 Å². The third-order valence-corrected chi connectivity index (χ3v) is 4.51. The van der Waals surface area contributed by atoms with Crippen LogP contribution in [0.3, 0.4) is 0 Å². The Bertz CT molecular complexity index is 435. The van der Waals surface area contributed by atoms with E-state index in [9.17, 15) is 4.79 Å². The van der Waals surface area contributed by atoms with Gasteiger partial charge in [0.2, 0.25) is 0 Å². The van der Waals surface area contributed by atoms with E-state index >= 15 is 0 Å². The van der Waals surface area contributed by atoms with Crippen LogP contribution in [0, 0.1) is 0 Å². The van der Waals surface area contributed by atoms with Crippen molar-refractivity contribution >= 4 is 27.8 Å². The average molecular weight is 270 g/mol. The van der Waals surface area contributed by atoms with Crippen molar-refractivity contribution in [2.45, 2.75) is 19.1 Å². The largest absolute Gasteiger partial charge is 0.397 e. The van der Waals surface area contributed by atoms with Crippen LogP contribution in [0.4, 0.5) is 10.7 Å². The minimum absolute atomic E-state index is 0.00882. The number of hydrogen-bond donors (Lipinski definition) is 1. The molecule has 2 atom stereocenters. The van der Waals surface area contributed by atoms with Gasteiger partial charge in [-0.15, -0.1) is 11.3 Å². The molecule has 2 heterocycles. The second-order valence-electron chi connectivity index (χ2n) is 4.38. The van der Waals surface area contributed by atoms with Crippen molar-refractivity contribution in [2.24, 2.45) is 0 Å². The highest BCUT2D eigenvalue weighted by Crippen LogP contribution is 2.35. The molecule has 1 aliphatic heterocycles. The normalized spacial score (nSPS) is 23.6. The second kappa shape index (κ2) is 5.26. The molecule has 0 bridgehead atoms. The van der Waals surface area contributed by atoms with Gasteiger partial charge in [0.1, 0.15) is 12.2 Å². The number of ether oxygens (including phenoxy) is 2. The molecule has 6 heteroatoms. The summed E-state index contributed by atoms with van der Waals surface area (Å²) in [5, 5.41) is 0.999. The zero-order valence-corrected chi connectivity index (χ0v) is 11.6. The standard InChI is InChI=1S/C12H18N2O3S/c1-7(15)12-8(13)4-11(18-12)14-5-9(16-2)10(6-14)17-3/h4,9-10H,5-6,13H2,1-3H3. The summed E-state index contributed by atoms with van der Waals surface area (Å²) in [5.74, 6) is 0.00882. The lowest BCUT2D eigenvalue weighted by Gasteiger charge is -2.14. The number of anilines is 2. The van der Waals surface area contributed by atoms with Crippen molar-refractivity contribution in [1.82, 2.24) is 0 Å². The number of ketones is 1. The molecule has 0 saturated carbocycles. The average Bonchev–Trinajstić information content (AvgIpc) is 2.91. The molecule has 1 saturated heterocycles. The highest BCUT2D eigenvalue weighted by molar-refractivity contribution is 7.18. The Kier molecular flexibility index (Phi) is 3.89. The van der Waals surface area contributed by atoms with Gasteiger partial charge in [-0.1, -0.05) is 0 Å². The number of nitrogen functional groups attached to an aromatic ring is 1. The van der Waals surface area contributed by atoms with Crippen molar-refractivity contribution < 1.29 is 14.3 Å². The maximum absolute atomic E-state index is 11.4. The van der Waals surface area contributed by atoms with Gasteiger partial charge in [-0.2, -0.15) is 0 Å². The lowest BCUT2D eigenvalue weighted by molar-refractivity contribution is -0.00461. The first-order valence-electron chi connectivity index (χ1n) is 5.77. The van der Waals surface area contributed by atoms with Crippen molar-refractivity contribution in [3.8, 4) is 0 Å². The fraction of sp³-hybridized carbons (Fsp3) is 0.583. The van der Waals surface area contributed by atoms with E-state index in [1.54, 1.807) is 14.2 Å². The molecule has 2 N–H and O–H groups in total. The predicted octanol–water partition coefficient (Wildman–Crippen LogP) is 1.38. The zero-order chi connectivity index (χ0) is 13.3. The molecule has 1 aromatic heterocycles. The number of hydrogen-bond acceptors (Lipinski definition) is 6. The molecule has 0 amide bonds. The van der Waals surface area contributed by atoms with Crippen LogP contribution in [0.25, 0.3) is 0 Å². The van der Waals surface area contributed by atoms with E-state index in [-0.39, 0.29) is 18.0 Å². The summed E-state index contributed by atoms with van der Waals surface area (Å²) in [7, 11) is 3.37. The molecular weight excluding hydrogens is 252 g/mol. The maximum Gasteiger partial charge on any atom is 0.171 e. The zero-order valence-electron chi connectivity index (χ0n) is 10.8. The van der Waals surface area contributed by atoms with Crippen molar-refractivity contribution in [3.05, 3.63) is 10.9 Å². The number of nitrogens with zero attached hydrogens (tertiary/aromatic N) is 1. The number of thiophene rings is 1. The molecule has 2 unspecified atom stereocenters. The number of nitrogens with two attached hydrogens (primary N) is 1. The molecule has 0 aromatic carbocycles. The highest BCUT2D eigenvalue weighted by atomic mass is 32.1. The first kappa shape index (κ1) is 13.3. The lowest BCUT2D eigenvalue weighted by atomic mass is 10.3. The molecule has 100 valence electrons. The number of Topliss-reactive ketones (excluding diaryl/α,β-unsaturated/α-hetero) is 1. The molecule has 0 radical (unpaired) electrons. The molecule has 2 rings (SSSR count). The second-order valence-corrected chi connectivity index (χ2v) is 5.41. The van der Waals surface area contributed by atoms with E-state index in [1.165, 1.54) is 18.3 Å². The monoisotopic (exact) mass is 270 g/mol. The van der Waals surface area contributed by atoms with Crippen LogP contribution < -0.4 is 10.6 Å². The van der Waals surface area contributed by atoms with Crippen molar-refractivity contribution in [2.75, 3.05) is 37.9 Å². The molecule has 1 fully saturated rings. The summed E-state index contributed by atoms with van der Waals surface area (Å²) in [6, 6.07) is 1.85. The molecule has 18 heavy (non-hydrogen) atoms. The third-order valence-electron chi connectivity index (χ3n) is 3.20. The maximum atomic E-state index is 11.4. The topological polar surface area (TPSA) is 64.8 Å². The van der Waals surface area contributed by atoms with Gasteiger partial charge < -0.3 is 20.1 Å². The van der Waals surface area contributed by atoms with E-state index < -0.39 is 0 Å². The Morgan fingerprint density at radius 1 is 1.39 bits per heavy atom. The fourth-order valence-corrected chi connectivity index (χ4v) is 3.19. The van der Waals surface area contributed by atoms with Crippen LogP contribution in [0.15, 0.2) is 6.07 Å². The van der Waals surface area contributed by atoms with Crippen LogP contribution in [0.2, 0.25) is 0 Å². The Hall–Kier alpha value is -1.11. The number of carbonyl (C=O) groups excluding carboxylic acids is 1. The van der Waals surface area contributed by atoms with Crippen molar-refractivity contribution in [1.29, 1.82) is 0 Å². The smallest absolute Gasteiger partial charge is 0.171 e. The van der Waals surface area contributed by atoms with E-state index in [2.05, 4.69) is 4.90 Å². The summed E-state index contributed by atoms with van der Waals surface area (Å²) in [6.07, 6.45) is 0.109. The lowest BCUT2D eigenvalue weighted by Crippen LogP contribution is -2.27. The van der Waals surface area contributed by atoms with Gasteiger partial charge in [0.25, 0.3) is 0 Å². The Morgan fingerprint density at radius 2 is 1.94 bits per heavy atom. The van der Waals surface area contributed by atoms with Gasteiger partial charge >= 0.3 is 0 Å². The minimum atomic E-state index is 0.00882. The summed E-state index contributed by atoms with van der Waals surface area (Å²) in [6.45, 7) is 3.05. The van der Waals surface area contributed by atoms with Gasteiger partial charge in [-0.05, 0) is 6.07 Å².